The van der Waals surface area contributed by atoms with Gasteiger partial charge in [-0.15, -0.1) is 0 Å². The molecular weight excluding hydrogens is 232 g/mol. The van der Waals surface area contributed by atoms with Crippen LogP contribution >= 0.6 is 0 Å². The fourth-order valence-electron chi connectivity index (χ4n) is 2.93. The maximum atomic E-state index is 3.63. The molecule has 0 radical (unpaired) electrons. The second-order valence-electron chi connectivity index (χ2n) is 5.62. The zero-order valence-corrected chi connectivity index (χ0v) is 12.3. The number of hydrogen-bond acceptors (Lipinski definition) is 2. The van der Waals surface area contributed by atoms with Crippen molar-refractivity contribution in [1.82, 2.24) is 10.2 Å². The molecule has 0 spiro atoms. The van der Waals surface area contributed by atoms with E-state index < -0.39 is 0 Å². The Kier molecular flexibility index (Phi) is 6.38. The first-order chi connectivity index (χ1) is 9.40. The Balaban J connectivity index is 1.61. The lowest BCUT2D eigenvalue weighted by Crippen LogP contribution is -2.27. The highest BCUT2D eigenvalue weighted by molar-refractivity contribution is 5.19. The molecule has 0 saturated carbocycles. The number of nitrogens with one attached hydrogen (secondary N) is 1. The molecule has 1 unspecified atom stereocenters. The number of nitrogens with zero attached hydrogens (tertiary/aromatic N) is 1. The smallest absolute Gasteiger partial charge is 0.00200 e. The summed E-state index contributed by atoms with van der Waals surface area (Å²) >= 11 is 0. The molecule has 106 valence electrons. The zero-order valence-electron chi connectivity index (χ0n) is 12.3. The molecule has 0 amide bonds. The minimum atomic E-state index is 0.660. The normalized spacial score (nSPS) is 17.7. The van der Waals surface area contributed by atoms with Crippen LogP contribution in [0.3, 0.4) is 0 Å². The highest BCUT2D eigenvalue weighted by Gasteiger charge is 2.11. The van der Waals surface area contributed by atoms with Gasteiger partial charge in [-0.3, -0.25) is 0 Å². The molecule has 1 aromatic carbocycles. The molecule has 0 aliphatic carbocycles. The van der Waals surface area contributed by atoms with Crippen LogP contribution in [0.5, 0.6) is 0 Å². The van der Waals surface area contributed by atoms with Crippen LogP contribution in [-0.4, -0.2) is 37.6 Å². The molecule has 1 aromatic rings. The van der Waals surface area contributed by atoms with Crippen molar-refractivity contribution in [2.24, 2.45) is 0 Å². The van der Waals surface area contributed by atoms with E-state index in [9.17, 15) is 0 Å². The lowest BCUT2D eigenvalue weighted by Gasteiger charge is -2.18. The van der Waals surface area contributed by atoms with Crippen LogP contribution in [0.1, 0.15) is 44.1 Å². The lowest BCUT2D eigenvalue weighted by molar-refractivity contribution is 0.330. The van der Waals surface area contributed by atoms with E-state index in [4.69, 9.17) is 0 Å². The summed E-state index contributed by atoms with van der Waals surface area (Å²) in [6.07, 6.45) is 5.30. The Hall–Kier alpha value is -0.860. The summed E-state index contributed by atoms with van der Waals surface area (Å²) < 4.78 is 0. The fraction of sp³-hybridized carbons (Fsp3) is 0.647. The largest absolute Gasteiger partial charge is 0.316 e. The summed E-state index contributed by atoms with van der Waals surface area (Å²) in [6, 6.07) is 10.9. The van der Waals surface area contributed by atoms with E-state index in [2.05, 4.69) is 47.5 Å². The van der Waals surface area contributed by atoms with Crippen molar-refractivity contribution < 1.29 is 0 Å². The molecular formula is C17H28N2. The van der Waals surface area contributed by atoms with Crippen LogP contribution in [0.25, 0.3) is 0 Å². The summed E-state index contributed by atoms with van der Waals surface area (Å²) in [4.78, 5) is 2.59. The Bertz CT molecular complexity index is 330. The molecule has 0 bridgehead atoms. The monoisotopic (exact) mass is 260 g/mol. The lowest BCUT2D eigenvalue weighted by atomic mass is 9.96. The van der Waals surface area contributed by atoms with Gasteiger partial charge in [0.15, 0.2) is 0 Å². The van der Waals surface area contributed by atoms with Crippen LogP contribution < -0.4 is 5.32 Å². The Labute approximate surface area is 118 Å². The standard InChI is InChI=1S/C17H28N2/c1-2-16(17-9-4-3-5-10-17)15-18-11-8-14-19-12-6-7-13-19/h3-5,9-10,16,18H,2,6-8,11-15H2,1H3. The third-order valence-corrected chi connectivity index (χ3v) is 4.18. The average molecular weight is 260 g/mol. The van der Waals surface area contributed by atoms with Gasteiger partial charge in [0.1, 0.15) is 0 Å². The van der Waals surface area contributed by atoms with Gasteiger partial charge in [-0.05, 0) is 63.3 Å². The van der Waals surface area contributed by atoms with Crippen molar-refractivity contribution >= 4 is 0 Å². The van der Waals surface area contributed by atoms with Gasteiger partial charge >= 0.3 is 0 Å². The van der Waals surface area contributed by atoms with Crippen molar-refractivity contribution in [1.29, 1.82) is 0 Å². The number of benzene rings is 1. The molecule has 0 aromatic heterocycles. The van der Waals surface area contributed by atoms with Crippen LogP contribution in [-0.2, 0) is 0 Å². The first-order valence-electron chi connectivity index (χ1n) is 7.88. The van der Waals surface area contributed by atoms with E-state index in [0.717, 1.165) is 13.1 Å². The summed E-state index contributed by atoms with van der Waals surface area (Å²) in [5.74, 6) is 0.660. The Morgan fingerprint density at radius 1 is 1.16 bits per heavy atom. The van der Waals surface area contributed by atoms with Gasteiger partial charge in [0, 0.05) is 6.54 Å². The third kappa shape index (κ3) is 4.96. The molecule has 1 atom stereocenters. The van der Waals surface area contributed by atoms with E-state index in [-0.39, 0.29) is 0 Å². The molecule has 1 N–H and O–H groups in total. The predicted octanol–water partition coefficient (Wildman–Crippen LogP) is 3.26. The minimum absolute atomic E-state index is 0.660. The van der Waals surface area contributed by atoms with Gasteiger partial charge in [-0.2, -0.15) is 0 Å². The van der Waals surface area contributed by atoms with E-state index in [0.29, 0.717) is 5.92 Å². The van der Waals surface area contributed by atoms with Gasteiger partial charge in [-0.25, -0.2) is 0 Å². The average Bonchev–Trinajstić information content (AvgIpc) is 2.97. The quantitative estimate of drug-likeness (QED) is 0.722. The number of hydrogen-bond donors (Lipinski definition) is 1. The Morgan fingerprint density at radius 3 is 2.58 bits per heavy atom. The molecule has 1 saturated heterocycles. The van der Waals surface area contributed by atoms with Crippen LogP contribution in [0.15, 0.2) is 30.3 Å². The van der Waals surface area contributed by atoms with Crippen LogP contribution in [0, 0.1) is 0 Å². The highest BCUT2D eigenvalue weighted by atomic mass is 15.1. The van der Waals surface area contributed by atoms with E-state index in [1.165, 1.54) is 50.9 Å². The van der Waals surface area contributed by atoms with Crippen molar-refractivity contribution in [2.75, 3.05) is 32.7 Å². The molecule has 2 rings (SSSR count). The summed E-state index contributed by atoms with van der Waals surface area (Å²) in [7, 11) is 0. The summed E-state index contributed by atoms with van der Waals surface area (Å²) in [6.45, 7) is 8.46. The highest BCUT2D eigenvalue weighted by Crippen LogP contribution is 2.17. The molecule has 1 fully saturated rings. The number of rotatable bonds is 8. The third-order valence-electron chi connectivity index (χ3n) is 4.18. The van der Waals surface area contributed by atoms with E-state index in [1.807, 2.05) is 0 Å². The molecule has 19 heavy (non-hydrogen) atoms. The predicted molar refractivity (Wildman–Crippen MR) is 82.6 cm³/mol. The molecule has 1 heterocycles. The Morgan fingerprint density at radius 2 is 1.89 bits per heavy atom. The second-order valence-corrected chi connectivity index (χ2v) is 5.62. The topological polar surface area (TPSA) is 15.3 Å². The van der Waals surface area contributed by atoms with Gasteiger partial charge in [0.2, 0.25) is 0 Å². The van der Waals surface area contributed by atoms with Crippen molar-refractivity contribution in [3.8, 4) is 0 Å². The fourth-order valence-corrected chi connectivity index (χ4v) is 2.93. The minimum Gasteiger partial charge on any atom is -0.316 e. The van der Waals surface area contributed by atoms with Gasteiger partial charge in [0.25, 0.3) is 0 Å². The molecule has 2 nitrogen and oxygen atoms in total. The van der Waals surface area contributed by atoms with E-state index in [1.54, 1.807) is 0 Å². The van der Waals surface area contributed by atoms with Crippen LogP contribution in [0.4, 0.5) is 0 Å². The van der Waals surface area contributed by atoms with Crippen LogP contribution in [0.2, 0.25) is 0 Å². The van der Waals surface area contributed by atoms with Crippen molar-refractivity contribution in [3.63, 3.8) is 0 Å². The maximum Gasteiger partial charge on any atom is 0.00200 e. The molecule has 2 heteroatoms. The van der Waals surface area contributed by atoms with Gasteiger partial charge < -0.3 is 10.2 Å². The van der Waals surface area contributed by atoms with Crippen molar-refractivity contribution in [2.45, 2.75) is 38.5 Å². The molecule has 1 aliphatic rings. The summed E-state index contributed by atoms with van der Waals surface area (Å²) in [5, 5.41) is 3.63. The SMILES string of the molecule is CCC(CNCCCN1CCCC1)c1ccccc1. The first-order valence-corrected chi connectivity index (χ1v) is 7.88. The maximum absolute atomic E-state index is 3.63. The van der Waals surface area contributed by atoms with Gasteiger partial charge in [0.05, 0.1) is 0 Å². The second kappa shape index (κ2) is 8.34. The molecule has 1 aliphatic heterocycles. The van der Waals surface area contributed by atoms with Gasteiger partial charge in [-0.1, -0.05) is 37.3 Å². The number of likely N-dealkylation sites (tertiary alicyclic amines) is 1. The first kappa shape index (κ1) is 14.5. The van der Waals surface area contributed by atoms with E-state index >= 15 is 0 Å². The van der Waals surface area contributed by atoms with Crippen molar-refractivity contribution in [3.05, 3.63) is 35.9 Å². The summed E-state index contributed by atoms with van der Waals surface area (Å²) in [5.41, 5.74) is 1.47. The zero-order chi connectivity index (χ0) is 13.3.